The summed E-state index contributed by atoms with van der Waals surface area (Å²) in [6.45, 7) is 11.5. The highest BCUT2D eigenvalue weighted by molar-refractivity contribution is 7.98. The molecule has 1 saturated carbocycles. The number of hydrogen-bond acceptors (Lipinski definition) is 5. The molecule has 1 N–H and O–H groups in total. The number of hydrogen-bond donors (Lipinski definition) is 1. The molecule has 1 aromatic carbocycles. The Morgan fingerprint density at radius 1 is 1.24 bits per heavy atom. The van der Waals surface area contributed by atoms with Crippen molar-refractivity contribution in [2.24, 2.45) is 15.4 Å². The van der Waals surface area contributed by atoms with E-state index in [1.165, 1.54) is 37.9 Å². The summed E-state index contributed by atoms with van der Waals surface area (Å²) in [6.07, 6.45) is 6.29. The second-order valence-electron chi connectivity index (χ2n) is 8.36. The maximum absolute atomic E-state index is 10.7. The molecule has 0 radical (unpaired) electrons. The highest BCUT2D eigenvalue weighted by Gasteiger charge is 2.54. The Morgan fingerprint density at radius 3 is 2.60 bits per heavy atom. The molecule has 2 unspecified atom stereocenters. The number of nitroso groups, excluding NO2 is 1. The van der Waals surface area contributed by atoms with Gasteiger partial charge in [-0.15, -0.1) is 4.91 Å². The molecular weight excluding hydrogens is 330 g/mol. The van der Waals surface area contributed by atoms with Gasteiger partial charge in [0.1, 0.15) is 0 Å². The molecule has 4 nitrogen and oxygen atoms in total. The Morgan fingerprint density at radius 2 is 1.96 bits per heavy atom. The fraction of sp³-hybridized carbons (Fsp3) is 0.700. The Bertz CT molecular complexity index is 605. The summed E-state index contributed by atoms with van der Waals surface area (Å²) >= 11 is 1.03. The molecule has 25 heavy (non-hydrogen) atoms. The number of rotatable bonds is 8. The Balaban J connectivity index is 1.56. The van der Waals surface area contributed by atoms with Crippen LogP contribution in [-0.4, -0.2) is 31.1 Å². The number of aryl methyl sites for hydroxylation is 1. The third-order valence-electron chi connectivity index (χ3n) is 6.52. The molecule has 138 valence electrons. The quantitative estimate of drug-likeness (QED) is 0.501. The molecule has 2 atom stereocenters. The van der Waals surface area contributed by atoms with E-state index in [1.54, 1.807) is 0 Å². The van der Waals surface area contributed by atoms with Gasteiger partial charge < -0.3 is 10.2 Å². The van der Waals surface area contributed by atoms with Gasteiger partial charge in [0, 0.05) is 36.4 Å². The van der Waals surface area contributed by atoms with Crippen LogP contribution in [0.4, 0.5) is 5.69 Å². The number of nitrogens with zero attached hydrogens (tertiary/aromatic N) is 2. The number of nitrogens with one attached hydrogen (secondary N) is 1. The predicted octanol–water partition coefficient (Wildman–Crippen LogP) is 5.34. The molecular formula is C20H31N3OS. The molecule has 1 heterocycles. The van der Waals surface area contributed by atoms with E-state index in [4.69, 9.17) is 0 Å². The van der Waals surface area contributed by atoms with Crippen LogP contribution >= 0.6 is 11.9 Å². The molecule has 0 spiro atoms. The molecule has 2 fully saturated rings. The maximum Gasteiger partial charge on any atom is 0.0592 e. The van der Waals surface area contributed by atoms with Crippen LogP contribution in [0.15, 0.2) is 27.7 Å². The van der Waals surface area contributed by atoms with Crippen molar-refractivity contribution in [1.29, 1.82) is 0 Å². The lowest BCUT2D eigenvalue weighted by molar-refractivity contribution is 0.184. The summed E-state index contributed by atoms with van der Waals surface area (Å²) in [5, 5.41) is 3.52. The van der Waals surface area contributed by atoms with Gasteiger partial charge in [-0.1, -0.05) is 39.7 Å². The van der Waals surface area contributed by atoms with Gasteiger partial charge in [0.2, 0.25) is 0 Å². The Hall–Kier alpha value is -1.07. The predicted molar refractivity (Wildman–Crippen MR) is 107 cm³/mol. The second-order valence-corrected chi connectivity index (χ2v) is 9.13. The van der Waals surface area contributed by atoms with Crippen molar-refractivity contribution in [3.63, 3.8) is 0 Å². The summed E-state index contributed by atoms with van der Waals surface area (Å²) in [4.78, 5) is 14.3. The van der Waals surface area contributed by atoms with Crippen LogP contribution in [0.5, 0.6) is 0 Å². The van der Waals surface area contributed by atoms with E-state index in [2.05, 4.69) is 53.8 Å². The van der Waals surface area contributed by atoms with Crippen LogP contribution in [-0.2, 0) is 6.42 Å². The summed E-state index contributed by atoms with van der Waals surface area (Å²) < 4.78 is 3.03. The minimum Gasteiger partial charge on any atom is -0.383 e. The lowest BCUT2D eigenvalue weighted by Gasteiger charge is -2.32. The van der Waals surface area contributed by atoms with E-state index in [9.17, 15) is 4.91 Å². The molecule has 0 bridgehead atoms. The standard InChI is InChI=1S/C20H31N3OS/c1-4-6-16-7-8-17(18(13-16)25-22-24)21-11-12-23-14-19(2)9-5-10-20(19,3)15-23/h7-8,13,21H,4-6,9-12,14-15H2,1-3H3. The van der Waals surface area contributed by atoms with Crippen LogP contribution in [0.3, 0.4) is 0 Å². The minimum absolute atomic E-state index is 0.497. The first-order valence-electron chi connectivity index (χ1n) is 9.58. The van der Waals surface area contributed by atoms with Gasteiger partial charge in [0.15, 0.2) is 0 Å². The molecule has 0 aromatic heterocycles. The van der Waals surface area contributed by atoms with Crippen molar-refractivity contribution < 1.29 is 0 Å². The van der Waals surface area contributed by atoms with E-state index in [-0.39, 0.29) is 0 Å². The smallest absolute Gasteiger partial charge is 0.0592 e. The van der Waals surface area contributed by atoms with Crippen LogP contribution in [0.1, 0.15) is 52.0 Å². The Kier molecular flexibility index (Phi) is 5.74. The van der Waals surface area contributed by atoms with E-state index >= 15 is 0 Å². The molecule has 2 aliphatic rings. The highest BCUT2D eigenvalue weighted by Crippen LogP contribution is 2.57. The van der Waals surface area contributed by atoms with Gasteiger partial charge in [-0.05, 0) is 47.8 Å². The highest BCUT2D eigenvalue weighted by atomic mass is 32.2. The van der Waals surface area contributed by atoms with Crippen LogP contribution in [0.2, 0.25) is 0 Å². The lowest BCUT2D eigenvalue weighted by atomic mass is 9.71. The van der Waals surface area contributed by atoms with Crippen LogP contribution < -0.4 is 5.32 Å². The molecule has 3 rings (SSSR count). The van der Waals surface area contributed by atoms with Gasteiger partial charge in [-0.25, -0.2) is 0 Å². The molecule has 1 aliphatic heterocycles. The van der Waals surface area contributed by atoms with Gasteiger partial charge in [-0.3, -0.25) is 0 Å². The van der Waals surface area contributed by atoms with Gasteiger partial charge in [0.05, 0.1) is 16.8 Å². The van der Waals surface area contributed by atoms with E-state index in [0.29, 0.717) is 10.8 Å². The minimum atomic E-state index is 0.497. The number of fused-ring (bicyclic) bond motifs is 1. The Labute approximate surface area is 156 Å². The fourth-order valence-corrected chi connectivity index (χ4v) is 5.36. The van der Waals surface area contributed by atoms with Crippen molar-refractivity contribution >= 4 is 17.6 Å². The van der Waals surface area contributed by atoms with Gasteiger partial charge in [-0.2, -0.15) is 0 Å². The zero-order valence-electron chi connectivity index (χ0n) is 15.8. The first-order valence-corrected chi connectivity index (χ1v) is 10.4. The van der Waals surface area contributed by atoms with Crippen LogP contribution in [0.25, 0.3) is 0 Å². The number of anilines is 1. The SMILES string of the molecule is CCCc1ccc(NCCN2CC3(C)CCCC3(C)C2)c(SN=O)c1. The van der Waals surface area contributed by atoms with Gasteiger partial charge in [0.25, 0.3) is 0 Å². The van der Waals surface area contributed by atoms with Crippen molar-refractivity contribution in [2.75, 3.05) is 31.5 Å². The zero-order chi connectivity index (χ0) is 17.9. The van der Waals surface area contributed by atoms with E-state index < -0.39 is 0 Å². The first-order chi connectivity index (χ1) is 12.0. The number of benzene rings is 1. The molecule has 1 aliphatic carbocycles. The monoisotopic (exact) mass is 361 g/mol. The third kappa shape index (κ3) is 3.87. The zero-order valence-corrected chi connectivity index (χ0v) is 16.6. The largest absolute Gasteiger partial charge is 0.383 e. The number of likely N-dealkylation sites (tertiary alicyclic amines) is 1. The summed E-state index contributed by atoms with van der Waals surface area (Å²) in [7, 11) is 0. The summed E-state index contributed by atoms with van der Waals surface area (Å²) in [6, 6.07) is 6.35. The molecule has 1 aromatic rings. The normalized spacial score (nSPS) is 28.9. The van der Waals surface area contributed by atoms with Crippen molar-refractivity contribution in [2.45, 2.75) is 57.8 Å². The van der Waals surface area contributed by atoms with Crippen molar-refractivity contribution in [3.05, 3.63) is 28.7 Å². The summed E-state index contributed by atoms with van der Waals surface area (Å²) in [5.41, 5.74) is 3.29. The van der Waals surface area contributed by atoms with Crippen molar-refractivity contribution in [3.8, 4) is 0 Å². The molecule has 0 amide bonds. The fourth-order valence-electron chi connectivity index (χ4n) is 4.83. The first kappa shape index (κ1) is 18.7. The average molecular weight is 362 g/mol. The molecule has 1 saturated heterocycles. The third-order valence-corrected chi connectivity index (χ3v) is 7.13. The van der Waals surface area contributed by atoms with Crippen LogP contribution in [0, 0.1) is 15.7 Å². The topological polar surface area (TPSA) is 44.7 Å². The van der Waals surface area contributed by atoms with E-state index in [1.807, 2.05) is 0 Å². The maximum atomic E-state index is 10.7. The summed E-state index contributed by atoms with van der Waals surface area (Å²) in [5.74, 6) is 0. The van der Waals surface area contributed by atoms with E-state index in [0.717, 1.165) is 48.5 Å². The lowest BCUT2D eigenvalue weighted by Crippen LogP contribution is -2.30. The van der Waals surface area contributed by atoms with Crippen molar-refractivity contribution in [1.82, 2.24) is 4.90 Å². The second kappa shape index (κ2) is 7.67. The van der Waals surface area contributed by atoms with Gasteiger partial charge >= 0.3 is 0 Å². The molecule has 5 heteroatoms. The average Bonchev–Trinajstić information content (AvgIpc) is 2.97.